The maximum absolute atomic E-state index is 12.6. The number of ether oxygens (including phenoxy) is 3. The molecule has 38 heavy (non-hydrogen) atoms. The van der Waals surface area contributed by atoms with Crippen molar-refractivity contribution in [2.24, 2.45) is 5.10 Å². The first kappa shape index (κ1) is 28.5. The average Bonchev–Trinajstić information content (AvgIpc) is 2.89. The van der Waals surface area contributed by atoms with Gasteiger partial charge in [0.05, 0.1) is 36.6 Å². The maximum Gasteiger partial charge on any atom is 0.345 e. The molecule has 0 fully saturated rings. The quantitative estimate of drug-likeness (QED) is 0.150. The second-order valence-corrected chi connectivity index (χ2v) is 8.43. The fourth-order valence-corrected chi connectivity index (χ4v) is 3.60. The molecule has 0 aliphatic carbocycles. The van der Waals surface area contributed by atoms with E-state index in [4.69, 9.17) is 37.4 Å². The Labute approximate surface area is 229 Å². The van der Waals surface area contributed by atoms with Crippen molar-refractivity contribution in [2.75, 3.05) is 19.8 Å². The molecule has 0 atom stereocenters. The Bertz CT molecular complexity index is 1330. The van der Waals surface area contributed by atoms with Gasteiger partial charge < -0.3 is 19.5 Å². The number of hydrogen-bond acceptors (Lipinski definition) is 7. The highest BCUT2D eigenvalue weighted by atomic mass is 35.5. The predicted molar refractivity (Wildman–Crippen MR) is 145 cm³/mol. The van der Waals surface area contributed by atoms with Crippen molar-refractivity contribution in [3.8, 4) is 17.2 Å². The van der Waals surface area contributed by atoms with Gasteiger partial charge in [0.1, 0.15) is 5.75 Å². The van der Waals surface area contributed by atoms with Crippen LogP contribution >= 0.6 is 23.2 Å². The molecule has 0 spiro atoms. The van der Waals surface area contributed by atoms with Gasteiger partial charge in [0, 0.05) is 10.6 Å². The summed E-state index contributed by atoms with van der Waals surface area (Å²) in [5.74, 6) is -0.464. The van der Waals surface area contributed by atoms with Crippen molar-refractivity contribution in [1.29, 1.82) is 0 Å². The zero-order valence-electron chi connectivity index (χ0n) is 20.6. The van der Waals surface area contributed by atoms with Gasteiger partial charge in [-0.1, -0.05) is 23.2 Å². The molecular formula is C27H25Cl2N3O6. The van der Waals surface area contributed by atoms with E-state index in [1.807, 2.05) is 6.92 Å². The molecule has 2 amide bonds. The van der Waals surface area contributed by atoms with Crippen molar-refractivity contribution in [3.05, 3.63) is 87.4 Å². The first-order chi connectivity index (χ1) is 18.3. The number of nitrogens with zero attached hydrogens (tertiary/aromatic N) is 1. The lowest BCUT2D eigenvalue weighted by Crippen LogP contribution is -2.34. The van der Waals surface area contributed by atoms with Gasteiger partial charge in [-0.2, -0.15) is 5.10 Å². The van der Waals surface area contributed by atoms with E-state index in [-0.39, 0.29) is 22.9 Å². The molecule has 11 heteroatoms. The van der Waals surface area contributed by atoms with Crippen LogP contribution in [0, 0.1) is 0 Å². The van der Waals surface area contributed by atoms with Gasteiger partial charge in [0.15, 0.2) is 11.5 Å². The first-order valence-electron chi connectivity index (χ1n) is 11.6. The summed E-state index contributed by atoms with van der Waals surface area (Å²) >= 11 is 12.0. The van der Waals surface area contributed by atoms with E-state index in [0.29, 0.717) is 40.9 Å². The van der Waals surface area contributed by atoms with Crippen LogP contribution in [0.15, 0.2) is 65.8 Å². The van der Waals surface area contributed by atoms with Gasteiger partial charge in [-0.05, 0) is 80.1 Å². The van der Waals surface area contributed by atoms with E-state index >= 15 is 0 Å². The van der Waals surface area contributed by atoms with E-state index in [9.17, 15) is 14.4 Å². The molecule has 0 saturated heterocycles. The van der Waals surface area contributed by atoms with E-state index in [1.165, 1.54) is 30.5 Å². The Balaban J connectivity index is 1.56. The van der Waals surface area contributed by atoms with Crippen LogP contribution in [0.1, 0.15) is 40.1 Å². The molecule has 3 aromatic carbocycles. The molecule has 0 aliphatic heterocycles. The number of esters is 1. The minimum atomic E-state index is -0.673. The second-order valence-electron chi connectivity index (χ2n) is 7.59. The SMILES string of the molecule is CCOc1ccc(C(=O)NCC(=O)N/N=C/c2ccc(OC(=O)c3ccc(Cl)cc3Cl)c(OCC)c2)cc1. The fourth-order valence-electron chi connectivity index (χ4n) is 3.12. The number of hydrazone groups is 1. The summed E-state index contributed by atoms with van der Waals surface area (Å²) in [6.45, 7) is 4.22. The van der Waals surface area contributed by atoms with Crippen LogP contribution in [0.2, 0.25) is 10.0 Å². The third-order valence-corrected chi connectivity index (χ3v) is 5.41. The molecule has 198 valence electrons. The van der Waals surface area contributed by atoms with Crippen molar-refractivity contribution in [1.82, 2.24) is 10.7 Å². The van der Waals surface area contributed by atoms with Crippen LogP contribution in [0.25, 0.3) is 0 Å². The predicted octanol–water partition coefficient (Wildman–Crippen LogP) is 4.89. The highest BCUT2D eigenvalue weighted by Crippen LogP contribution is 2.30. The summed E-state index contributed by atoms with van der Waals surface area (Å²) in [4.78, 5) is 36.8. The fraction of sp³-hybridized carbons (Fsp3) is 0.185. The number of hydrogen-bond donors (Lipinski definition) is 2. The van der Waals surface area contributed by atoms with Gasteiger partial charge in [-0.25, -0.2) is 10.2 Å². The molecule has 3 rings (SSSR count). The summed E-state index contributed by atoms with van der Waals surface area (Å²) in [7, 11) is 0. The molecule has 0 bridgehead atoms. The minimum absolute atomic E-state index is 0.154. The summed E-state index contributed by atoms with van der Waals surface area (Å²) in [6, 6.07) is 15.8. The van der Waals surface area contributed by atoms with Crippen LogP contribution < -0.4 is 25.0 Å². The third kappa shape index (κ3) is 8.22. The van der Waals surface area contributed by atoms with Crippen LogP contribution in [-0.4, -0.2) is 43.8 Å². The minimum Gasteiger partial charge on any atom is -0.494 e. The molecule has 0 aliphatic rings. The van der Waals surface area contributed by atoms with Crippen LogP contribution in [0.3, 0.4) is 0 Å². The number of nitrogens with one attached hydrogen (secondary N) is 2. The van der Waals surface area contributed by atoms with E-state index in [2.05, 4.69) is 15.8 Å². The van der Waals surface area contributed by atoms with Crippen molar-refractivity contribution < 1.29 is 28.6 Å². The van der Waals surface area contributed by atoms with E-state index < -0.39 is 17.8 Å². The van der Waals surface area contributed by atoms with Gasteiger partial charge in [-0.3, -0.25) is 9.59 Å². The van der Waals surface area contributed by atoms with E-state index in [1.54, 1.807) is 43.3 Å². The number of carbonyl (C=O) groups is 3. The van der Waals surface area contributed by atoms with Crippen molar-refractivity contribution in [2.45, 2.75) is 13.8 Å². The first-order valence-corrected chi connectivity index (χ1v) is 12.3. The third-order valence-electron chi connectivity index (χ3n) is 4.86. The van der Waals surface area contributed by atoms with Gasteiger partial charge in [-0.15, -0.1) is 0 Å². The zero-order valence-corrected chi connectivity index (χ0v) is 22.1. The summed E-state index contributed by atoms with van der Waals surface area (Å²) in [6.07, 6.45) is 1.39. The lowest BCUT2D eigenvalue weighted by atomic mass is 10.2. The maximum atomic E-state index is 12.6. The number of rotatable bonds is 11. The Morgan fingerprint density at radius 1 is 0.895 bits per heavy atom. The zero-order chi connectivity index (χ0) is 27.5. The molecule has 0 aromatic heterocycles. The molecule has 0 heterocycles. The van der Waals surface area contributed by atoms with Gasteiger partial charge >= 0.3 is 5.97 Å². The Morgan fingerprint density at radius 2 is 1.63 bits per heavy atom. The average molecular weight is 558 g/mol. The molecular weight excluding hydrogens is 533 g/mol. The van der Waals surface area contributed by atoms with Gasteiger partial charge in [0.2, 0.25) is 0 Å². The van der Waals surface area contributed by atoms with Gasteiger partial charge in [0.25, 0.3) is 11.8 Å². The number of halogens is 2. The molecule has 0 saturated carbocycles. The Morgan fingerprint density at radius 3 is 2.32 bits per heavy atom. The van der Waals surface area contributed by atoms with Crippen molar-refractivity contribution in [3.63, 3.8) is 0 Å². The molecule has 3 aromatic rings. The second kappa shape index (κ2) is 14.0. The highest BCUT2D eigenvalue weighted by Gasteiger charge is 2.16. The normalized spacial score (nSPS) is 10.6. The number of amides is 2. The Hall–Kier alpha value is -4.08. The Kier molecular flexibility index (Phi) is 10.5. The standard InChI is InChI=1S/C27H25Cl2N3O6/c1-3-36-20-9-6-18(7-10-20)26(34)30-16-25(33)32-31-15-17-5-12-23(24(13-17)37-4-2)38-27(35)21-11-8-19(28)14-22(21)29/h5-15H,3-4,16H2,1-2H3,(H,30,34)(H,32,33)/b31-15+. The topological polar surface area (TPSA) is 115 Å². The lowest BCUT2D eigenvalue weighted by Gasteiger charge is -2.12. The largest absolute Gasteiger partial charge is 0.494 e. The molecule has 0 unspecified atom stereocenters. The van der Waals surface area contributed by atoms with Crippen molar-refractivity contribution >= 4 is 47.2 Å². The van der Waals surface area contributed by atoms with E-state index in [0.717, 1.165) is 0 Å². The lowest BCUT2D eigenvalue weighted by molar-refractivity contribution is -0.120. The van der Waals surface area contributed by atoms with Crippen LogP contribution in [-0.2, 0) is 4.79 Å². The summed E-state index contributed by atoms with van der Waals surface area (Å²) in [5, 5.41) is 6.98. The molecule has 0 radical (unpaired) electrons. The smallest absolute Gasteiger partial charge is 0.345 e. The monoisotopic (exact) mass is 557 g/mol. The molecule has 2 N–H and O–H groups in total. The number of benzene rings is 3. The number of carbonyl (C=O) groups excluding carboxylic acids is 3. The molecule has 9 nitrogen and oxygen atoms in total. The summed E-state index contributed by atoms with van der Waals surface area (Å²) in [5.41, 5.74) is 3.45. The van der Waals surface area contributed by atoms with Crippen LogP contribution in [0.4, 0.5) is 0 Å². The highest BCUT2D eigenvalue weighted by molar-refractivity contribution is 6.36. The van der Waals surface area contributed by atoms with Crippen LogP contribution in [0.5, 0.6) is 17.2 Å². The summed E-state index contributed by atoms with van der Waals surface area (Å²) < 4.78 is 16.4.